The number of halogens is 1. The summed E-state index contributed by atoms with van der Waals surface area (Å²) >= 11 is 0. The summed E-state index contributed by atoms with van der Waals surface area (Å²) < 4.78 is 13.6. The highest BCUT2D eigenvalue weighted by molar-refractivity contribution is 5.82. The molecule has 0 spiro atoms. The van der Waals surface area contributed by atoms with E-state index in [0.29, 0.717) is 17.1 Å². The predicted octanol–water partition coefficient (Wildman–Crippen LogP) is 2.95. The lowest BCUT2D eigenvalue weighted by molar-refractivity contribution is 0.630. The van der Waals surface area contributed by atoms with Crippen LogP contribution in [0, 0.1) is 5.82 Å². The Morgan fingerprint density at radius 3 is 2.76 bits per heavy atom. The number of hydrogen-bond donors (Lipinski definition) is 2. The van der Waals surface area contributed by atoms with Crippen molar-refractivity contribution < 1.29 is 4.39 Å². The zero-order valence-electron chi connectivity index (χ0n) is 8.94. The summed E-state index contributed by atoms with van der Waals surface area (Å²) in [5.74, 6) is 0.225. The lowest BCUT2D eigenvalue weighted by atomic mass is 10.2. The van der Waals surface area contributed by atoms with Crippen LogP contribution in [0.2, 0.25) is 0 Å². The maximum Gasteiger partial charge on any atom is 0.141 e. The van der Waals surface area contributed by atoms with Gasteiger partial charge in [0, 0.05) is 5.69 Å². The van der Waals surface area contributed by atoms with Crippen LogP contribution in [0.25, 0.3) is 22.4 Å². The lowest BCUT2D eigenvalue weighted by Crippen LogP contribution is -1.84. The van der Waals surface area contributed by atoms with Crippen molar-refractivity contribution in [2.45, 2.75) is 0 Å². The maximum absolute atomic E-state index is 13.6. The number of imidazole rings is 1. The highest BCUT2D eigenvalue weighted by Crippen LogP contribution is 2.23. The van der Waals surface area contributed by atoms with E-state index in [1.807, 2.05) is 6.07 Å². The number of aromatic nitrogens is 2. The summed E-state index contributed by atoms with van der Waals surface area (Å²) in [5, 5.41) is 0. The third-order valence-electron chi connectivity index (χ3n) is 2.63. The summed E-state index contributed by atoms with van der Waals surface area (Å²) in [6, 6.07) is 11.9. The molecule has 3 rings (SSSR count). The van der Waals surface area contributed by atoms with Gasteiger partial charge >= 0.3 is 0 Å². The largest absolute Gasteiger partial charge is 0.399 e. The number of rotatable bonds is 1. The number of anilines is 1. The first-order valence-corrected chi connectivity index (χ1v) is 5.24. The smallest absolute Gasteiger partial charge is 0.141 e. The molecule has 0 atom stereocenters. The molecule has 3 N–H and O–H groups in total. The van der Waals surface area contributed by atoms with E-state index in [-0.39, 0.29) is 5.82 Å². The van der Waals surface area contributed by atoms with Gasteiger partial charge in [0.15, 0.2) is 0 Å². The van der Waals surface area contributed by atoms with Crippen LogP contribution in [0.3, 0.4) is 0 Å². The topological polar surface area (TPSA) is 54.7 Å². The maximum atomic E-state index is 13.6. The van der Waals surface area contributed by atoms with Crippen LogP contribution in [-0.4, -0.2) is 9.97 Å². The van der Waals surface area contributed by atoms with E-state index in [0.717, 1.165) is 11.0 Å². The lowest BCUT2D eigenvalue weighted by Gasteiger charge is -1.96. The van der Waals surface area contributed by atoms with Crippen molar-refractivity contribution in [1.29, 1.82) is 0 Å². The minimum absolute atomic E-state index is 0.292. The molecule has 84 valence electrons. The minimum atomic E-state index is -0.292. The van der Waals surface area contributed by atoms with E-state index >= 15 is 0 Å². The van der Waals surface area contributed by atoms with Crippen LogP contribution in [0.5, 0.6) is 0 Å². The first kappa shape index (κ1) is 9.84. The van der Waals surface area contributed by atoms with Gasteiger partial charge in [0.2, 0.25) is 0 Å². The fourth-order valence-corrected chi connectivity index (χ4v) is 1.81. The molecule has 2 aromatic carbocycles. The Labute approximate surface area is 97.1 Å². The molecule has 0 fully saturated rings. The Kier molecular flexibility index (Phi) is 2.08. The van der Waals surface area contributed by atoms with Crippen molar-refractivity contribution in [2.75, 3.05) is 5.73 Å². The van der Waals surface area contributed by atoms with Crippen molar-refractivity contribution in [1.82, 2.24) is 9.97 Å². The predicted molar refractivity (Wildman–Crippen MR) is 65.9 cm³/mol. The van der Waals surface area contributed by atoms with Crippen molar-refractivity contribution in [2.24, 2.45) is 0 Å². The van der Waals surface area contributed by atoms with Crippen LogP contribution in [0.4, 0.5) is 10.1 Å². The zero-order valence-corrected chi connectivity index (χ0v) is 8.94. The molecule has 17 heavy (non-hydrogen) atoms. The van der Waals surface area contributed by atoms with Crippen LogP contribution in [-0.2, 0) is 0 Å². The Hall–Kier alpha value is -2.36. The molecule has 0 aliphatic carbocycles. The van der Waals surface area contributed by atoms with Gasteiger partial charge in [0.05, 0.1) is 16.6 Å². The molecule has 0 amide bonds. The number of benzene rings is 2. The second-order valence-corrected chi connectivity index (χ2v) is 3.84. The molecule has 0 saturated carbocycles. The number of nitrogens with one attached hydrogen (secondary N) is 1. The summed E-state index contributed by atoms with van der Waals surface area (Å²) in [4.78, 5) is 7.40. The Morgan fingerprint density at radius 1 is 1.12 bits per heavy atom. The van der Waals surface area contributed by atoms with Gasteiger partial charge in [-0.3, -0.25) is 0 Å². The molecule has 1 aromatic heterocycles. The van der Waals surface area contributed by atoms with Gasteiger partial charge in [-0.1, -0.05) is 12.1 Å². The number of nitrogen functional groups attached to an aromatic ring is 1. The van der Waals surface area contributed by atoms with E-state index in [2.05, 4.69) is 9.97 Å². The highest BCUT2D eigenvalue weighted by Gasteiger charge is 2.09. The molecule has 3 aromatic rings. The highest BCUT2D eigenvalue weighted by atomic mass is 19.1. The van der Waals surface area contributed by atoms with Crippen LogP contribution < -0.4 is 5.73 Å². The number of fused-ring (bicyclic) bond motifs is 1. The van der Waals surface area contributed by atoms with Gasteiger partial charge in [-0.25, -0.2) is 9.37 Å². The summed E-state index contributed by atoms with van der Waals surface area (Å²) in [7, 11) is 0. The molecule has 0 saturated heterocycles. The number of hydrogen-bond acceptors (Lipinski definition) is 2. The second kappa shape index (κ2) is 3.59. The van der Waals surface area contributed by atoms with Gasteiger partial charge in [0.25, 0.3) is 0 Å². The molecule has 4 heteroatoms. The molecular weight excluding hydrogens is 217 g/mol. The molecule has 0 unspecified atom stereocenters. The summed E-state index contributed by atoms with van der Waals surface area (Å²) in [6.07, 6.45) is 0. The van der Waals surface area contributed by atoms with E-state index in [9.17, 15) is 4.39 Å². The fourth-order valence-electron chi connectivity index (χ4n) is 1.81. The molecule has 3 nitrogen and oxygen atoms in total. The molecule has 0 aliphatic rings. The van der Waals surface area contributed by atoms with Crippen molar-refractivity contribution in [3.8, 4) is 11.4 Å². The van der Waals surface area contributed by atoms with Crippen LogP contribution in [0.15, 0.2) is 42.5 Å². The number of aromatic amines is 1. The van der Waals surface area contributed by atoms with Crippen molar-refractivity contribution in [3.05, 3.63) is 48.3 Å². The molecule has 0 aliphatic heterocycles. The number of nitrogens with two attached hydrogens (primary N) is 1. The van der Waals surface area contributed by atoms with E-state index < -0.39 is 0 Å². The van der Waals surface area contributed by atoms with Gasteiger partial charge < -0.3 is 10.7 Å². The molecular formula is C13H10FN3. The van der Waals surface area contributed by atoms with E-state index in [1.54, 1.807) is 30.3 Å². The standard InChI is InChI=1S/C13H10FN3/c14-10-4-2-1-3-9(10)13-16-11-6-5-8(15)7-12(11)17-13/h1-7H,15H2,(H,16,17). The quantitative estimate of drug-likeness (QED) is 0.628. The normalized spacial score (nSPS) is 10.9. The van der Waals surface area contributed by atoms with Gasteiger partial charge in [-0.05, 0) is 30.3 Å². The van der Waals surface area contributed by atoms with Crippen molar-refractivity contribution in [3.63, 3.8) is 0 Å². The van der Waals surface area contributed by atoms with Gasteiger partial charge in [0.1, 0.15) is 11.6 Å². The summed E-state index contributed by atoms with van der Waals surface area (Å²) in [5.41, 5.74) is 8.38. The average Bonchev–Trinajstić information content (AvgIpc) is 2.72. The third-order valence-corrected chi connectivity index (χ3v) is 2.63. The Bertz CT molecular complexity index is 688. The SMILES string of the molecule is Nc1ccc2nc(-c3ccccc3F)[nH]c2c1. The fraction of sp³-hybridized carbons (Fsp3) is 0. The van der Waals surface area contributed by atoms with Crippen LogP contribution in [0.1, 0.15) is 0 Å². The van der Waals surface area contributed by atoms with E-state index in [1.165, 1.54) is 6.07 Å². The zero-order chi connectivity index (χ0) is 11.8. The molecule has 0 radical (unpaired) electrons. The minimum Gasteiger partial charge on any atom is -0.399 e. The molecule has 0 bridgehead atoms. The van der Waals surface area contributed by atoms with Crippen molar-refractivity contribution >= 4 is 16.7 Å². The Morgan fingerprint density at radius 2 is 1.94 bits per heavy atom. The summed E-state index contributed by atoms with van der Waals surface area (Å²) in [6.45, 7) is 0. The van der Waals surface area contributed by atoms with Gasteiger partial charge in [-0.2, -0.15) is 0 Å². The van der Waals surface area contributed by atoms with E-state index in [4.69, 9.17) is 5.73 Å². The average molecular weight is 227 g/mol. The number of nitrogens with zero attached hydrogens (tertiary/aromatic N) is 1. The first-order chi connectivity index (χ1) is 8.24. The second-order valence-electron chi connectivity index (χ2n) is 3.84. The third kappa shape index (κ3) is 1.63. The first-order valence-electron chi connectivity index (χ1n) is 5.24. The monoisotopic (exact) mass is 227 g/mol. The van der Waals surface area contributed by atoms with Crippen LogP contribution >= 0.6 is 0 Å². The molecule has 1 heterocycles. The van der Waals surface area contributed by atoms with Gasteiger partial charge in [-0.15, -0.1) is 0 Å². The number of H-pyrrole nitrogens is 1. The Balaban J connectivity index is 2.22.